The number of nitrogens with one attached hydrogen (secondary N) is 1. The van der Waals surface area contributed by atoms with Gasteiger partial charge in [-0.2, -0.15) is 11.8 Å². The van der Waals surface area contributed by atoms with Crippen molar-refractivity contribution >= 4 is 35.2 Å². The normalized spacial score (nSPS) is 10.4. The lowest BCUT2D eigenvalue weighted by Gasteiger charge is -2.06. The Morgan fingerprint density at radius 1 is 1.31 bits per heavy atom. The van der Waals surface area contributed by atoms with Crippen LogP contribution in [0.4, 0.5) is 11.6 Å². The van der Waals surface area contributed by atoms with Crippen LogP contribution in [0.1, 0.15) is 12.8 Å². The lowest BCUT2D eigenvalue weighted by atomic mass is 10.3. The van der Waals surface area contributed by atoms with E-state index in [4.69, 9.17) is 5.73 Å². The molecule has 16 heavy (non-hydrogen) atoms. The maximum absolute atomic E-state index is 5.68. The Morgan fingerprint density at radius 2 is 2.12 bits per heavy atom. The van der Waals surface area contributed by atoms with Crippen LogP contribution in [0.15, 0.2) is 11.2 Å². The predicted molar refractivity (Wildman–Crippen MR) is 74.3 cm³/mol. The third-order valence-electron chi connectivity index (χ3n) is 1.99. The Morgan fingerprint density at radius 3 is 2.81 bits per heavy atom. The number of hydrogen-bond donors (Lipinski definition) is 2. The standard InChI is InChI=1S/C10H18N4S2/c1-15-6-4-3-5-12-9-7-8(11)13-10(14-9)16-2/h7H,3-6H2,1-2H3,(H3,11,12,13,14). The summed E-state index contributed by atoms with van der Waals surface area (Å²) in [5.74, 6) is 2.55. The van der Waals surface area contributed by atoms with E-state index < -0.39 is 0 Å². The molecule has 0 saturated carbocycles. The third-order valence-corrected chi connectivity index (χ3v) is 3.23. The van der Waals surface area contributed by atoms with E-state index in [2.05, 4.69) is 21.5 Å². The van der Waals surface area contributed by atoms with Gasteiger partial charge in [-0.05, 0) is 31.1 Å². The summed E-state index contributed by atoms with van der Waals surface area (Å²) in [5, 5.41) is 3.98. The maximum Gasteiger partial charge on any atom is 0.191 e. The number of nitrogen functional groups attached to an aromatic ring is 1. The van der Waals surface area contributed by atoms with Gasteiger partial charge in [0, 0.05) is 12.6 Å². The second-order valence-corrected chi connectivity index (χ2v) is 5.05. The second kappa shape index (κ2) is 7.62. The summed E-state index contributed by atoms with van der Waals surface area (Å²) >= 11 is 3.38. The van der Waals surface area contributed by atoms with E-state index in [-0.39, 0.29) is 0 Å². The highest BCUT2D eigenvalue weighted by Crippen LogP contribution is 2.15. The lowest BCUT2D eigenvalue weighted by molar-refractivity contribution is 0.834. The fourth-order valence-corrected chi connectivity index (χ4v) is 2.09. The first-order chi connectivity index (χ1) is 7.76. The van der Waals surface area contributed by atoms with Crippen molar-refractivity contribution in [3.8, 4) is 0 Å². The molecule has 6 heteroatoms. The van der Waals surface area contributed by atoms with Gasteiger partial charge in [0.1, 0.15) is 11.6 Å². The zero-order valence-electron chi connectivity index (χ0n) is 9.69. The van der Waals surface area contributed by atoms with Crippen LogP contribution in [0.3, 0.4) is 0 Å². The smallest absolute Gasteiger partial charge is 0.191 e. The van der Waals surface area contributed by atoms with Gasteiger partial charge in [0.25, 0.3) is 0 Å². The summed E-state index contributed by atoms with van der Waals surface area (Å²) < 4.78 is 0. The van der Waals surface area contributed by atoms with Crippen LogP contribution in [0.5, 0.6) is 0 Å². The summed E-state index contributed by atoms with van der Waals surface area (Å²) in [6.07, 6.45) is 6.45. The number of nitrogens with two attached hydrogens (primary N) is 1. The highest BCUT2D eigenvalue weighted by Gasteiger charge is 2.00. The van der Waals surface area contributed by atoms with Crippen molar-refractivity contribution in [1.29, 1.82) is 0 Å². The first kappa shape index (κ1) is 13.4. The van der Waals surface area contributed by atoms with Crippen LogP contribution in [0.2, 0.25) is 0 Å². The molecule has 1 heterocycles. The summed E-state index contributed by atoms with van der Waals surface area (Å²) in [6.45, 7) is 0.935. The average Bonchev–Trinajstić information content (AvgIpc) is 2.28. The number of aromatic nitrogens is 2. The summed E-state index contributed by atoms with van der Waals surface area (Å²) in [5.41, 5.74) is 5.68. The average molecular weight is 258 g/mol. The Bertz CT molecular complexity index is 320. The highest BCUT2D eigenvalue weighted by atomic mass is 32.2. The topological polar surface area (TPSA) is 63.8 Å². The molecule has 0 amide bonds. The molecule has 1 rings (SSSR count). The van der Waals surface area contributed by atoms with Crippen LogP contribution in [0.25, 0.3) is 0 Å². The molecular formula is C10H18N4S2. The van der Waals surface area contributed by atoms with Crippen LogP contribution < -0.4 is 11.1 Å². The fraction of sp³-hybridized carbons (Fsp3) is 0.600. The molecule has 0 atom stereocenters. The van der Waals surface area contributed by atoms with E-state index in [0.717, 1.165) is 18.8 Å². The lowest BCUT2D eigenvalue weighted by Crippen LogP contribution is -2.06. The molecule has 0 radical (unpaired) electrons. The van der Waals surface area contributed by atoms with Gasteiger partial charge in [0.2, 0.25) is 0 Å². The molecule has 3 N–H and O–H groups in total. The monoisotopic (exact) mass is 258 g/mol. The minimum absolute atomic E-state index is 0.519. The molecule has 1 aromatic rings. The SMILES string of the molecule is CSCCCCNc1cc(N)nc(SC)n1. The number of thioether (sulfide) groups is 2. The minimum atomic E-state index is 0.519. The Labute approximate surface area is 105 Å². The molecule has 0 unspecified atom stereocenters. The number of hydrogen-bond acceptors (Lipinski definition) is 6. The maximum atomic E-state index is 5.68. The zero-order chi connectivity index (χ0) is 11.8. The second-order valence-electron chi connectivity index (χ2n) is 3.29. The molecule has 0 aliphatic carbocycles. The van der Waals surface area contributed by atoms with Crippen LogP contribution in [0, 0.1) is 0 Å². The zero-order valence-corrected chi connectivity index (χ0v) is 11.3. The molecule has 0 saturated heterocycles. The Kier molecular flexibility index (Phi) is 6.40. The van der Waals surface area contributed by atoms with Crippen LogP contribution >= 0.6 is 23.5 Å². The number of anilines is 2. The van der Waals surface area contributed by atoms with Crippen molar-refractivity contribution in [3.05, 3.63) is 6.07 Å². The van der Waals surface area contributed by atoms with Gasteiger partial charge in [-0.15, -0.1) is 0 Å². The molecule has 0 bridgehead atoms. The van der Waals surface area contributed by atoms with Crippen LogP contribution in [-0.4, -0.2) is 34.8 Å². The van der Waals surface area contributed by atoms with E-state index >= 15 is 0 Å². The molecule has 0 aliphatic rings. The summed E-state index contributed by atoms with van der Waals surface area (Å²) in [4.78, 5) is 8.42. The molecule has 90 valence electrons. The first-order valence-corrected chi connectivity index (χ1v) is 7.79. The van der Waals surface area contributed by atoms with E-state index in [9.17, 15) is 0 Å². The van der Waals surface area contributed by atoms with E-state index in [1.807, 2.05) is 18.0 Å². The number of unbranched alkanes of at least 4 members (excludes halogenated alkanes) is 1. The Balaban J connectivity index is 2.38. The van der Waals surface area contributed by atoms with Crippen molar-refractivity contribution < 1.29 is 0 Å². The third kappa shape index (κ3) is 4.94. The molecule has 4 nitrogen and oxygen atoms in total. The van der Waals surface area contributed by atoms with Crippen molar-refractivity contribution in [1.82, 2.24) is 9.97 Å². The van der Waals surface area contributed by atoms with Gasteiger partial charge < -0.3 is 11.1 Å². The molecule has 1 aromatic heterocycles. The van der Waals surface area contributed by atoms with E-state index in [1.54, 1.807) is 6.07 Å². The van der Waals surface area contributed by atoms with Gasteiger partial charge in [-0.3, -0.25) is 0 Å². The summed E-state index contributed by atoms with van der Waals surface area (Å²) in [7, 11) is 0. The highest BCUT2D eigenvalue weighted by molar-refractivity contribution is 7.98. The van der Waals surface area contributed by atoms with Gasteiger partial charge in [-0.25, -0.2) is 9.97 Å². The minimum Gasteiger partial charge on any atom is -0.383 e. The fourth-order valence-electron chi connectivity index (χ4n) is 1.21. The van der Waals surface area contributed by atoms with Crippen molar-refractivity contribution in [2.24, 2.45) is 0 Å². The van der Waals surface area contributed by atoms with Crippen molar-refractivity contribution in [2.75, 3.05) is 35.9 Å². The predicted octanol–water partition coefficient (Wildman–Crippen LogP) is 2.34. The van der Waals surface area contributed by atoms with Gasteiger partial charge >= 0.3 is 0 Å². The quantitative estimate of drug-likeness (QED) is 0.444. The van der Waals surface area contributed by atoms with E-state index in [0.29, 0.717) is 11.0 Å². The van der Waals surface area contributed by atoms with Crippen molar-refractivity contribution in [3.63, 3.8) is 0 Å². The molecular weight excluding hydrogens is 240 g/mol. The van der Waals surface area contributed by atoms with Gasteiger partial charge in [0.15, 0.2) is 5.16 Å². The van der Waals surface area contributed by atoms with Gasteiger partial charge in [0.05, 0.1) is 0 Å². The molecule has 0 spiro atoms. The van der Waals surface area contributed by atoms with Gasteiger partial charge in [-0.1, -0.05) is 11.8 Å². The van der Waals surface area contributed by atoms with Crippen LogP contribution in [-0.2, 0) is 0 Å². The molecule has 0 aliphatic heterocycles. The molecule has 0 fully saturated rings. The summed E-state index contributed by atoms with van der Waals surface area (Å²) in [6, 6.07) is 1.77. The molecule has 0 aromatic carbocycles. The number of rotatable bonds is 7. The Hall–Kier alpha value is -0.620. The van der Waals surface area contributed by atoms with E-state index in [1.165, 1.54) is 23.9 Å². The first-order valence-electron chi connectivity index (χ1n) is 5.17. The number of nitrogens with zero attached hydrogens (tertiary/aromatic N) is 2. The van der Waals surface area contributed by atoms with Crippen molar-refractivity contribution in [2.45, 2.75) is 18.0 Å². The largest absolute Gasteiger partial charge is 0.383 e.